The molecule has 4 fully saturated rings. The average molecular weight is 1120 g/mol. The van der Waals surface area contributed by atoms with Crippen molar-refractivity contribution in [1.82, 2.24) is 35.6 Å². The summed E-state index contributed by atoms with van der Waals surface area (Å²) in [6.45, 7) is 18.3. The number of ketones is 2. The lowest BCUT2D eigenvalue weighted by molar-refractivity contribution is -0.163. The normalized spacial score (nSPS) is 28.9. The summed E-state index contributed by atoms with van der Waals surface area (Å²) in [4.78, 5) is 162. The van der Waals surface area contributed by atoms with Gasteiger partial charge in [-0.15, -0.1) is 0 Å². The molecule has 0 radical (unpaired) electrons. The number of cyclic esters (lactones) is 2. The Morgan fingerprint density at radius 2 is 1.51 bits per heavy atom. The number of aliphatic hydroxyl groups is 1. The van der Waals surface area contributed by atoms with E-state index in [0.29, 0.717) is 30.6 Å². The molecule has 4 saturated heterocycles. The van der Waals surface area contributed by atoms with Crippen molar-refractivity contribution in [2.24, 2.45) is 29.6 Å². The molecule has 1 spiro atoms. The lowest BCUT2D eigenvalue weighted by Gasteiger charge is -2.36. The van der Waals surface area contributed by atoms with E-state index < -0.39 is 149 Å². The molecule has 12 atom stereocenters. The lowest BCUT2D eigenvalue weighted by atomic mass is 9.91. The van der Waals surface area contributed by atoms with Crippen molar-refractivity contribution < 1.29 is 72.1 Å². The van der Waals surface area contributed by atoms with Gasteiger partial charge in [-0.1, -0.05) is 73.9 Å². The molecule has 7 amide bonds. The van der Waals surface area contributed by atoms with Gasteiger partial charge in [-0.25, -0.2) is 4.79 Å². The highest BCUT2D eigenvalue weighted by molar-refractivity contribution is 6.35. The number of methoxy groups -OCH3 is 1. The highest BCUT2D eigenvalue weighted by atomic mass is 16.6. The van der Waals surface area contributed by atoms with Crippen molar-refractivity contribution in [3.8, 4) is 5.75 Å². The zero-order valence-corrected chi connectivity index (χ0v) is 49.0. The third-order valence-electron chi connectivity index (χ3n) is 16.3. The van der Waals surface area contributed by atoms with E-state index in [9.17, 15) is 48.3 Å². The molecule has 0 aromatic heterocycles. The maximum atomic E-state index is 15.1. The molecule has 1 aromatic rings. The highest BCUT2D eigenvalue weighted by Crippen LogP contribution is 2.40. The molecule has 0 bridgehead atoms. The Balaban J connectivity index is 1.63. The van der Waals surface area contributed by atoms with E-state index in [0.717, 1.165) is 6.92 Å². The molecular formula is C58H87N7O15. The van der Waals surface area contributed by atoms with E-state index in [4.69, 9.17) is 14.2 Å². The standard InChI is InChI=1S/C58H87N7O15/c1-14-34(8)46-44(67)30-45(68)80-49(33(6)7)48(69)35(9)50(70)59-40(27-31(2)3)54(74)63-24-15-17-41(63)55(75)62(12)43(29-38-18-20-39(78-13)21-19-38)56(76)79-37(11)47(52(72)60-46)61-51(71)42(28-32(4)5)64-26-23-58(57(64)77)22-16-25-65(58)53(73)36(10)66/h18-21,31-35,37,40-44,46-47,49,67H,14-17,22-30H2,1-13H3,(H,59,70)(H,60,72)(H,61,71)/t34-,35-,37+,40-,41-,42+,43-,44-,46+,47-,49-,58+/m0/s1. The number of esters is 2. The Hall–Kier alpha value is -6.45. The number of nitrogens with one attached hydrogen (secondary N) is 3. The third-order valence-corrected chi connectivity index (χ3v) is 16.3. The van der Waals surface area contributed by atoms with Crippen LogP contribution in [0.15, 0.2) is 24.3 Å². The number of carbonyl (C=O) groups excluding carboxylic acids is 11. The van der Waals surface area contributed by atoms with Crippen molar-refractivity contribution in [3.63, 3.8) is 0 Å². The first-order valence-corrected chi connectivity index (χ1v) is 28.4. The third kappa shape index (κ3) is 14.9. The Bertz CT molecular complexity index is 2470. The number of fused-ring (bicyclic) bond motifs is 1. The second kappa shape index (κ2) is 27.8. The number of amides is 7. The molecule has 22 heteroatoms. The van der Waals surface area contributed by atoms with Gasteiger partial charge in [0.05, 0.1) is 31.6 Å². The van der Waals surface area contributed by atoms with Crippen molar-refractivity contribution in [2.75, 3.05) is 33.8 Å². The smallest absolute Gasteiger partial charge is 0.329 e. The second-order valence-electron chi connectivity index (χ2n) is 23.5. The van der Waals surface area contributed by atoms with Crippen LogP contribution in [0.25, 0.3) is 0 Å². The predicted molar refractivity (Wildman–Crippen MR) is 292 cm³/mol. The summed E-state index contributed by atoms with van der Waals surface area (Å²) in [5.74, 6) is -11.1. The number of carbonyl (C=O) groups is 11. The topological polar surface area (TPSA) is 285 Å². The molecule has 4 heterocycles. The molecule has 0 unspecified atom stereocenters. The van der Waals surface area contributed by atoms with E-state index in [1.54, 1.807) is 52.0 Å². The molecule has 1 aromatic carbocycles. The van der Waals surface area contributed by atoms with Crippen molar-refractivity contribution >= 4 is 64.9 Å². The fraction of sp³-hybridized carbons (Fsp3) is 0.707. The minimum Gasteiger partial charge on any atom is -0.497 e. The summed E-state index contributed by atoms with van der Waals surface area (Å²) >= 11 is 0. The van der Waals surface area contributed by atoms with E-state index in [2.05, 4.69) is 16.0 Å². The van der Waals surface area contributed by atoms with Crippen LogP contribution < -0.4 is 20.7 Å². The van der Waals surface area contributed by atoms with Crippen molar-refractivity contribution in [2.45, 2.75) is 200 Å². The first-order valence-electron chi connectivity index (χ1n) is 28.4. The van der Waals surface area contributed by atoms with Gasteiger partial charge in [0.2, 0.25) is 41.2 Å². The maximum Gasteiger partial charge on any atom is 0.329 e. The monoisotopic (exact) mass is 1120 g/mol. The highest BCUT2D eigenvalue weighted by Gasteiger charge is 2.57. The largest absolute Gasteiger partial charge is 0.497 e. The van der Waals surface area contributed by atoms with E-state index in [1.165, 1.54) is 47.6 Å². The molecule has 4 aliphatic heterocycles. The van der Waals surface area contributed by atoms with Gasteiger partial charge in [0.1, 0.15) is 47.6 Å². The minimum absolute atomic E-state index is 0.0376. The fourth-order valence-corrected chi connectivity index (χ4v) is 11.5. The summed E-state index contributed by atoms with van der Waals surface area (Å²) in [5.41, 5.74) is -0.785. The van der Waals surface area contributed by atoms with Crippen LogP contribution in [0.1, 0.15) is 140 Å². The SMILES string of the molecule is CC[C@H](C)[C@H]1NC(=O)[C@@H](NC(=O)[C@@H](CC(C)C)N2CC[C@]3(CCCN3C(=O)C(C)=O)C2=O)[C@@H](C)OC(=O)[C@H](Cc2ccc(OC)cc2)N(C)C(=O)[C@@H]2CCCN2C(=O)[C@H](CC(C)C)NC(=O)[C@@H](C)C(=O)[C@H](C(C)C)OC(=O)C[C@@H]1O. The predicted octanol–water partition coefficient (Wildman–Crippen LogP) is 2.67. The fourth-order valence-electron chi connectivity index (χ4n) is 11.5. The molecule has 22 nitrogen and oxygen atoms in total. The number of hydrogen-bond acceptors (Lipinski definition) is 15. The number of aliphatic hydroxyl groups excluding tert-OH is 1. The van der Waals surface area contributed by atoms with Gasteiger partial charge in [0, 0.05) is 40.0 Å². The zero-order chi connectivity index (χ0) is 59.7. The molecule has 5 rings (SSSR count). The first kappa shape index (κ1) is 64.4. The molecule has 4 aliphatic rings. The zero-order valence-electron chi connectivity index (χ0n) is 49.0. The quantitative estimate of drug-likeness (QED) is 0.118. The van der Waals surface area contributed by atoms with Crippen LogP contribution in [0.4, 0.5) is 0 Å². The van der Waals surface area contributed by atoms with E-state index in [1.807, 2.05) is 27.7 Å². The number of ether oxygens (including phenoxy) is 3. The van der Waals surface area contributed by atoms with Gasteiger partial charge in [-0.05, 0) is 100 Å². The summed E-state index contributed by atoms with van der Waals surface area (Å²) in [5, 5.41) is 20.2. The molecule has 444 valence electrons. The molecule has 0 aliphatic carbocycles. The Morgan fingerprint density at radius 1 is 0.850 bits per heavy atom. The van der Waals surface area contributed by atoms with Gasteiger partial charge in [0.15, 0.2) is 11.9 Å². The number of Topliss-reactive ketones (excluding diaryl/α,β-unsaturated/α-hetero) is 2. The van der Waals surface area contributed by atoms with Crippen LogP contribution in [0.3, 0.4) is 0 Å². The Labute approximate surface area is 470 Å². The summed E-state index contributed by atoms with van der Waals surface area (Å²) < 4.78 is 17.3. The van der Waals surface area contributed by atoms with E-state index >= 15 is 9.59 Å². The lowest BCUT2D eigenvalue weighted by Crippen LogP contribution is -2.62. The number of benzene rings is 1. The minimum atomic E-state index is -1.76. The first-order chi connectivity index (χ1) is 37.6. The number of hydrogen-bond donors (Lipinski definition) is 4. The van der Waals surface area contributed by atoms with E-state index in [-0.39, 0.29) is 70.0 Å². The number of nitrogens with zero attached hydrogens (tertiary/aromatic N) is 4. The molecular weight excluding hydrogens is 1030 g/mol. The number of rotatable bonds is 14. The average Bonchev–Trinajstić information content (AvgIpc) is 4.16. The summed E-state index contributed by atoms with van der Waals surface area (Å²) in [7, 11) is 2.89. The Kier molecular flexibility index (Phi) is 22.4. The van der Waals surface area contributed by atoms with Crippen LogP contribution in [0, 0.1) is 29.6 Å². The van der Waals surface area contributed by atoms with Crippen LogP contribution in [0.5, 0.6) is 5.75 Å². The molecule has 0 saturated carbocycles. The van der Waals surface area contributed by atoms with Gasteiger partial charge in [0.25, 0.3) is 5.91 Å². The Morgan fingerprint density at radius 3 is 2.10 bits per heavy atom. The second-order valence-corrected chi connectivity index (χ2v) is 23.5. The summed E-state index contributed by atoms with van der Waals surface area (Å²) in [6, 6.07) is -1.17. The van der Waals surface area contributed by atoms with Crippen molar-refractivity contribution in [1.29, 1.82) is 0 Å². The van der Waals surface area contributed by atoms with Crippen LogP contribution in [0.2, 0.25) is 0 Å². The number of likely N-dealkylation sites (tertiary alicyclic amines) is 2. The van der Waals surface area contributed by atoms with Gasteiger partial charge in [-0.2, -0.15) is 0 Å². The van der Waals surface area contributed by atoms with Crippen molar-refractivity contribution in [3.05, 3.63) is 29.8 Å². The van der Waals surface area contributed by atoms with Gasteiger partial charge in [-0.3, -0.25) is 47.9 Å². The molecule has 4 N–H and O–H groups in total. The number of likely N-dealkylation sites (N-methyl/N-ethyl adjacent to an activating group) is 1. The maximum absolute atomic E-state index is 15.1. The summed E-state index contributed by atoms with van der Waals surface area (Å²) in [6.07, 6.45) is -3.48. The van der Waals surface area contributed by atoms with Crippen LogP contribution in [-0.2, 0) is 68.6 Å². The van der Waals surface area contributed by atoms with Gasteiger partial charge < -0.3 is 54.9 Å². The molecule has 80 heavy (non-hydrogen) atoms. The van der Waals surface area contributed by atoms with Crippen LogP contribution in [-0.4, -0.2) is 183 Å². The van der Waals surface area contributed by atoms with Gasteiger partial charge >= 0.3 is 11.9 Å². The van der Waals surface area contributed by atoms with Crippen LogP contribution >= 0.6 is 0 Å².